The molecule has 0 unspecified atom stereocenters. The van der Waals surface area contributed by atoms with Gasteiger partial charge in [0.2, 0.25) is 10.0 Å². The van der Waals surface area contributed by atoms with Crippen molar-refractivity contribution in [1.82, 2.24) is 4.31 Å². The Morgan fingerprint density at radius 1 is 1.25 bits per heavy atom. The standard InChI is InChI=1S/C16H25FN2O3S.ClH/c1-12-10-14(17)11-13(2)16(12)23(20,21)19-7-4-15(5-8-19)22-9-3-6-18;/h10-11,15H,3-9,18H2,1-2H3;1H. The number of hydrogen-bond acceptors (Lipinski definition) is 4. The molecule has 0 saturated carbocycles. The summed E-state index contributed by atoms with van der Waals surface area (Å²) in [6.45, 7) is 5.31. The Kier molecular flexibility index (Phi) is 8.08. The fourth-order valence-electron chi connectivity index (χ4n) is 3.01. The Hall–Kier alpha value is -0.730. The van der Waals surface area contributed by atoms with Crippen molar-refractivity contribution < 1.29 is 17.5 Å². The number of hydrogen-bond donors (Lipinski definition) is 1. The SMILES string of the molecule is Cc1cc(F)cc(C)c1S(=O)(=O)N1CCC(OCCCN)CC1.Cl. The molecule has 0 aliphatic carbocycles. The van der Waals surface area contributed by atoms with Crippen LogP contribution >= 0.6 is 12.4 Å². The molecule has 0 amide bonds. The molecule has 2 rings (SSSR count). The first-order valence-corrected chi connectivity index (χ1v) is 9.39. The Morgan fingerprint density at radius 3 is 2.29 bits per heavy atom. The maximum Gasteiger partial charge on any atom is 0.243 e. The molecule has 138 valence electrons. The normalized spacial score (nSPS) is 16.8. The lowest BCUT2D eigenvalue weighted by molar-refractivity contribution is 0.0209. The Labute approximate surface area is 149 Å². The van der Waals surface area contributed by atoms with Gasteiger partial charge in [0.05, 0.1) is 11.0 Å². The van der Waals surface area contributed by atoms with Gasteiger partial charge >= 0.3 is 0 Å². The van der Waals surface area contributed by atoms with E-state index >= 15 is 0 Å². The van der Waals surface area contributed by atoms with Crippen molar-refractivity contribution in [1.29, 1.82) is 0 Å². The number of halogens is 2. The maximum absolute atomic E-state index is 13.4. The third kappa shape index (κ3) is 4.89. The molecule has 8 heteroatoms. The number of nitrogens with zero attached hydrogens (tertiary/aromatic N) is 1. The van der Waals surface area contributed by atoms with E-state index in [1.165, 1.54) is 16.4 Å². The summed E-state index contributed by atoms with van der Waals surface area (Å²) < 4.78 is 46.3. The number of benzene rings is 1. The van der Waals surface area contributed by atoms with E-state index < -0.39 is 15.8 Å². The van der Waals surface area contributed by atoms with E-state index in [-0.39, 0.29) is 23.4 Å². The lowest BCUT2D eigenvalue weighted by Gasteiger charge is -2.32. The molecule has 0 atom stereocenters. The highest BCUT2D eigenvalue weighted by Gasteiger charge is 2.31. The van der Waals surface area contributed by atoms with Crippen LogP contribution in [0.15, 0.2) is 17.0 Å². The highest BCUT2D eigenvalue weighted by atomic mass is 35.5. The molecule has 1 aromatic rings. The molecule has 1 fully saturated rings. The zero-order chi connectivity index (χ0) is 17.0. The van der Waals surface area contributed by atoms with Gasteiger partial charge in [0.15, 0.2) is 0 Å². The molecule has 0 aromatic heterocycles. The van der Waals surface area contributed by atoms with Gasteiger partial charge in [0, 0.05) is 19.7 Å². The van der Waals surface area contributed by atoms with E-state index in [1.807, 2.05) is 0 Å². The van der Waals surface area contributed by atoms with Gasteiger partial charge in [-0.15, -0.1) is 12.4 Å². The van der Waals surface area contributed by atoms with Crippen LogP contribution in [0.25, 0.3) is 0 Å². The predicted molar refractivity (Wildman–Crippen MR) is 94.5 cm³/mol. The summed E-state index contributed by atoms with van der Waals surface area (Å²) in [6.07, 6.45) is 2.24. The summed E-state index contributed by atoms with van der Waals surface area (Å²) in [4.78, 5) is 0.224. The number of sulfonamides is 1. The van der Waals surface area contributed by atoms with Gasteiger partial charge < -0.3 is 10.5 Å². The molecule has 1 aliphatic heterocycles. The number of aryl methyl sites for hydroxylation is 2. The minimum atomic E-state index is -3.60. The third-order valence-corrected chi connectivity index (χ3v) is 6.33. The molecule has 0 radical (unpaired) electrons. The van der Waals surface area contributed by atoms with Crippen molar-refractivity contribution >= 4 is 22.4 Å². The first-order chi connectivity index (χ1) is 10.9. The van der Waals surface area contributed by atoms with Gasteiger partial charge in [-0.2, -0.15) is 4.31 Å². The fraction of sp³-hybridized carbons (Fsp3) is 0.625. The lowest BCUT2D eigenvalue weighted by Crippen LogP contribution is -2.41. The Balaban J connectivity index is 0.00000288. The van der Waals surface area contributed by atoms with Crippen LogP contribution in [0.2, 0.25) is 0 Å². The van der Waals surface area contributed by atoms with Crippen molar-refractivity contribution in [2.75, 3.05) is 26.2 Å². The van der Waals surface area contributed by atoms with E-state index in [0.29, 0.717) is 50.2 Å². The van der Waals surface area contributed by atoms with Crippen LogP contribution in [-0.4, -0.2) is 45.1 Å². The monoisotopic (exact) mass is 380 g/mol. The first kappa shape index (κ1) is 21.3. The highest BCUT2D eigenvalue weighted by Crippen LogP contribution is 2.27. The van der Waals surface area contributed by atoms with Crippen LogP contribution in [0.1, 0.15) is 30.4 Å². The third-order valence-electron chi connectivity index (χ3n) is 4.13. The van der Waals surface area contributed by atoms with E-state index in [1.54, 1.807) is 13.8 Å². The number of nitrogens with two attached hydrogens (primary N) is 1. The Bertz CT molecular complexity index is 624. The minimum absolute atomic E-state index is 0. The van der Waals surface area contributed by atoms with E-state index in [9.17, 15) is 12.8 Å². The van der Waals surface area contributed by atoms with Gasteiger partial charge in [-0.05, 0) is 62.9 Å². The largest absolute Gasteiger partial charge is 0.378 e. The molecule has 2 N–H and O–H groups in total. The summed E-state index contributed by atoms with van der Waals surface area (Å²) >= 11 is 0. The van der Waals surface area contributed by atoms with Crippen LogP contribution < -0.4 is 5.73 Å². The molecule has 1 aromatic carbocycles. The van der Waals surface area contributed by atoms with Crippen LogP contribution in [0.3, 0.4) is 0 Å². The quantitative estimate of drug-likeness (QED) is 0.769. The van der Waals surface area contributed by atoms with Gasteiger partial charge in [0.25, 0.3) is 0 Å². The van der Waals surface area contributed by atoms with Crippen LogP contribution in [-0.2, 0) is 14.8 Å². The van der Waals surface area contributed by atoms with Crippen LogP contribution in [0.5, 0.6) is 0 Å². The molecular formula is C16H26ClFN2O3S. The van der Waals surface area contributed by atoms with Crippen LogP contribution in [0, 0.1) is 19.7 Å². The molecule has 1 heterocycles. The van der Waals surface area contributed by atoms with Gasteiger partial charge in [-0.1, -0.05) is 0 Å². The lowest BCUT2D eigenvalue weighted by atomic mass is 10.1. The first-order valence-electron chi connectivity index (χ1n) is 7.95. The average molecular weight is 381 g/mol. The highest BCUT2D eigenvalue weighted by molar-refractivity contribution is 7.89. The molecule has 0 spiro atoms. The number of ether oxygens (including phenoxy) is 1. The molecule has 1 saturated heterocycles. The smallest absolute Gasteiger partial charge is 0.243 e. The summed E-state index contributed by atoms with van der Waals surface area (Å²) in [5.74, 6) is -0.411. The van der Waals surface area contributed by atoms with E-state index in [4.69, 9.17) is 10.5 Å². The second-order valence-corrected chi connectivity index (χ2v) is 7.86. The van der Waals surface area contributed by atoms with Crippen molar-refractivity contribution in [2.24, 2.45) is 5.73 Å². The van der Waals surface area contributed by atoms with Gasteiger partial charge in [-0.25, -0.2) is 12.8 Å². The summed E-state index contributed by atoms with van der Waals surface area (Å²) in [5, 5.41) is 0. The van der Waals surface area contributed by atoms with E-state index in [2.05, 4.69) is 0 Å². The van der Waals surface area contributed by atoms with E-state index in [0.717, 1.165) is 6.42 Å². The fourth-order valence-corrected chi connectivity index (χ4v) is 4.89. The minimum Gasteiger partial charge on any atom is -0.378 e. The second-order valence-electron chi connectivity index (χ2n) is 5.99. The average Bonchev–Trinajstić information content (AvgIpc) is 2.46. The zero-order valence-corrected chi connectivity index (χ0v) is 15.8. The zero-order valence-electron chi connectivity index (χ0n) is 14.1. The molecule has 0 bridgehead atoms. The van der Waals surface area contributed by atoms with Crippen molar-refractivity contribution in [3.8, 4) is 0 Å². The molecule has 1 aliphatic rings. The summed E-state index contributed by atoms with van der Waals surface area (Å²) in [5.41, 5.74) is 6.33. The number of piperidine rings is 1. The summed E-state index contributed by atoms with van der Waals surface area (Å²) in [6, 6.07) is 2.53. The summed E-state index contributed by atoms with van der Waals surface area (Å²) in [7, 11) is -3.60. The van der Waals surface area contributed by atoms with Crippen molar-refractivity contribution in [3.05, 3.63) is 29.1 Å². The molecule has 5 nitrogen and oxygen atoms in total. The molecular weight excluding hydrogens is 355 g/mol. The van der Waals surface area contributed by atoms with Crippen molar-refractivity contribution in [3.63, 3.8) is 0 Å². The maximum atomic E-state index is 13.4. The predicted octanol–water partition coefficient (Wildman–Crippen LogP) is 2.38. The number of rotatable bonds is 6. The van der Waals surface area contributed by atoms with Gasteiger partial charge in [0.1, 0.15) is 5.82 Å². The van der Waals surface area contributed by atoms with Gasteiger partial charge in [-0.3, -0.25) is 0 Å². The Morgan fingerprint density at radius 2 is 1.79 bits per heavy atom. The van der Waals surface area contributed by atoms with Crippen LogP contribution in [0.4, 0.5) is 4.39 Å². The van der Waals surface area contributed by atoms with Crippen molar-refractivity contribution in [2.45, 2.75) is 44.1 Å². The topological polar surface area (TPSA) is 72.6 Å². The molecule has 24 heavy (non-hydrogen) atoms. The second kappa shape index (κ2) is 9.10.